The van der Waals surface area contributed by atoms with Gasteiger partial charge in [0.2, 0.25) is 0 Å². The van der Waals surface area contributed by atoms with E-state index in [1.807, 2.05) is 49.4 Å². The van der Waals surface area contributed by atoms with Crippen LogP contribution in [0, 0.1) is 28.6 Å². The molecule has 1 aliphatic heterocycles. The minimum atomic E-state index is -1.36. The van der Waals surface area contributed by atoms with Gasteiger partial charge in [-0.2, -0.15) is 0 Å². The number of aliphatic hydroxyl groups is 2. The van der Waals surface area contributed by atoms with Gasteiger partial charge in [-0.1, -0.05) is 49.8 Å². The SMILES string of the molecule is C[C@]12C=CC(=O)C=C1CC[C@@H]1C2[C@@H](O)C[C@@]2(C)C1C[C@H]1O[C@@H](c3ccc(Cc4ccnc(N)c4)cc3)O[C@]12C(=O)CO. The smallest absolute Gasteiger partial charge is 0.193 e. The second-order valence-electron chi connectivity index (χ2n) is 13.3. The zero-order chi connectivity index (χ0) is 29.4. The molecule has 1 aromatic carbocycles. The normalized spacial score (nSPS) is 40.1. The van der Waals surface area contributed by atoms with Crippen LogP contribution in [0.5, 0.6) is 0 Å². The van der Waals surface area contributed by atoms with Crippen molar-refractivity contribution in [3.8, 4) is 0 Å². The van der Waals surface area contributed by atoms with E-state index in [0.717, 1.165) is 35.1 Å². The summed E-state index contributed by atoms with van der Waals surface area (Å²) < 4.78 is 13.3. The van der Waals surface area contributed by atoms with Gasteiger partial charge in [-0.05, 0) is 79.4 Å². The van der Waals surface area contributed by atoms with Crippen LogP contribution in [0.1, 0.15) is 62.5 Å². The van der Waals surface area contributed by atoms with Gasteiger partial charge in [-0.25, -0.2) is 4.98 Å². The fourth-order valence-corrected chi connectivity index (χ4v) is 9.47. The lowest BCUT2D eigenvalue weighted by molar-refractivity contribution is -0.201. The Morgan fingerprint density at radius 1 is 1.17 bits per heavy atom. The number of ketones is 2. The monoisotopic (exact) mass is 570 g/mol. The van der Waals surface area contributed by atoms with Crippen molar-refractivity contribution < 1.29 is 29.3 Å². The highest BCUT2D eigenvalue weighted by molar-refractivity contribution is 6.01. The van der Waals surface area contributed by atoms with Crippen molar-refractivity contribution in [1.29, 1.82) is 0 Å². The molecule has 2 heterocycles. The van der Waals surface area contributed by atoms with Crippen LogP contribution in [-0.4, -0.2) is 51.2 Å². The summed E-state index contributed by atoms with van der Waals surface area (Å²) in [5, 5.41) is 22.0. The number of allylic oxidation sites excluding steroid dienone is 4. The predicted octanol–water partition coefficient (Wildman–Crippen LogP) is 3.86. The molecule has 2 unspecified atom stereocenters. The molecular formula is C34H38N2O6. The molecule has 2 aromatic rings. The van der Waals surface area contributed by atoms with E-state index < -0.39 is 41.5 Å². The number of nitrogens with zero attached hydrogens (tertiary/aromatic N) is 1. The van der Waals surface area contributed by atoms with Crippen LogP contribution in [0.3, 0.4) is 0 Å². The van der Waals surface area contributed by atoms with Crippen molar-refractivity contribution in [2.75, 3.05) is 12.3 Å². The molecule has 1 saturated heterocycles. The number of aliphatic hydroxyl groups excluding tert-OH is 2. The number of pyridine rings is 1. The summed E-state index contributed by atoms with van der Waals surface area (Å²) in [4.78, 5) is 29.9. The second kappa shape index (κ2) is 9.67. The molecule has 4 N–H and O–H groups in total. The number of carbonyl (C=O) groups excluding carboxylic acids is 2. The Balaban J connectivity index is 1.18. The highest BCUT2D eigenvalue weighted by Gasteiger charge is 2.75. The minimum absolute atomic E-state index is 0.00175. The Hall–Kier alpha value is -3.17. The van der Waals surface area contributed by atoms with Gasteiger partial charge in [0.15, 0.2) is 23.5 Å². The summed E-state index contributed by atoms with van der Waals surface area (Å²) in [5.41, 5.74) is 7.39. The fraction of sp³-hybridized carbons (Fsp3) is 0.500. The van der Waals surface area contributed by atoms with Gasteiger partial charge in [0, 0.05) is 28.5 Å². The van der Waals surface area contributed by atoms with E-state index in [9.17, 15) is 19.8 Å². The van der Waals surface area contributed by atoms with Crippen molar-refractivity contribution in [2.24, 2.45) is 28.6 Å². The molecule has 5 aliphatic rings. The first-order valence-corrected chi connectivity index (χ1v) is 15.0. The minimum Gasteiger partial charge on any atom is -0.393 e. The third-order valence-corrected chi connectivity index (χ3v) is 11.3. The molecule has 0 amide bonds. The molecule has 9 atom stereocenters. The maximum Gasteiger partial charge on any atom is 0.193 e. The number of benzene rings is 1. The van der Waals surface area contributed by atoms with Gasteiger partial charge in [0.05, 0.1) is 12.2 Å². The highest BCUT2D eigenvalue weighted by atomic mass is 16.7. The average molecular weight is 571 g/mol. The number of nitrogens with two attached hydrogens (primary N) is 1. The van der Waals surface area contributed by atoms with Crippen molar-refractivity contribution in [3.05, 3.63) is 83.1 Å². The van der Waals surface area contributed by atoms with E-state index in [-0.39, 0.29) is 29.3 Å². The number of fused-ring (bicyclic) bond motifs is 7. The van der Waals surface area contributed by atoms with Crippen LogP contribution < -0.4 is 5.73 Å². The molecule has 4 aliphatic carbocycles. The van der Waals surface area contributed by atoms with Gasteiger partial charge in [-0.3, -0.25) is 9.59 Å². The third kappa shape index (κ3) is 3.85. The van der Waals surface area contributed by atoms with Gasteiger partial charge in [0.1, 0.15) is 12.4 Å². The van der Waals surface area contributed by atoms with Crippen LogP contribution >= 0.6 is 0 Å². The number of rotatable bonds is 5. The standard InChI is InChI=1S/C34H38N2O6/c1-32-11-9-23(38)15-22(32)7-8-24-25-16-28-34(27(40)18-37,33(25,2)17-26(39)30(24)32)42-31(41-28)21-5-3-19(4-6-21)13-20-10-12-36-29(35)14-20/h3-6,9-12,14-15,24-26,28,30-31,37,39H,7-8,13,16-18H2,1-2H3,(H2,35,36)/t24-,25?,26-,28+,30?,31+,32-,33-,34+/m0/s1. The highest BCUT2D eigenvalue weighted by Crippen LogP contribution is 2.70. The lowest BCUT2D eigenvalue weighted by Crippen LogP contribution is -2.63. The Kier molecular flexibility index (Phi) is 6.37. The molecule has 8 nitrogen and oxygen atoms in total. The molecular weight excluding hydrogens is 532 g/mol. The zero-order valence-corrected chi connectivity index (χ0v) is 24.0. The Labute approximate surface area is 245 Å². The topological polar surface area (TPSA) is 132 Å². The largest absolute Gasteiger partial charge is 0.393 e. The third-order valence-electron chi connectivity index (χ3n) is 11.3. The number of anilines is 1. The molecule has 3 saturated carbocycles. The molecule has 42 heavy (non-hydrogen) atoms. The maximum absolute atomic E-state index is 13.7. The number of ether oxygens (including phenoxy) is 2. The van der Waals surface area contributed by atoms with Crippen molar-refractivity contribution in [2.45, 2.75) is 70.1 Å². The number of hydrogen-bond donors (Lipinski definition) is 3. The summed E-state index contributed by atoms with van der Waals surface area (Å²) >= 11 is 0. The molecule has 1 aromatic heterocycles. The van der Waals surface area contributed by atoms with E-state index in [4.69, 9.17) is 15.2 Å². The lowest BCUT2D eigenvalue weighted by atomic mass is 9.46. The van der Waals surface area contributed by atoms with E-state index in [1.54, 1.807) is 18.3 Å². The predicted molar refractivity (Wildman–Crippen MR) is 155 cm³/mol. The molecule has 7 rings (SSSR count). The molecule has 8 heteroatoms. The molecule has 220 valence electrons. The zero-order valence-electron chi connectivity index (χ0n) is 24.0. The fourth-order valence-electron chi connectivity index (χ4n) is 9.47. The van der Waals surface area contributed by atoms with Crippen molar-refractivity contribution in [1.82, 2.24) is 4.98 Å². The summed E-state index contributed by atoms with van der Waals surface area (Å²) in [6, 6.07) is 11.7. The van der Waals surface area contributed by atoms with E-state index in [0.29, 0.717) is 25.1 Å². The molecule has 4 fully saturated rings. The Bertz CT molecular complexity index is 1500. The number of carbonyl (C=O) groups is 2. The van der Waals surface area contributed by atoms with Crippen molar-refractivity contribution >= 4 is 17.4 Å². The summed E-state index contributed by atoms with van der Waals surface area (Å²) in [6.45, 7) is 3.53. The van der Waals surface area contributed by atoms with Gasteiger partial charge >= 0.3 is 0 Å². The second-order valence-corrected chi connectivity index (χ2v) is 13.3. The average Bonchev–Trinajstić information content (AvgIpc) is 3.46. The van der Waals surface area contributed by atoms with Crippen LogP contribution in [0.15, 0.2) is 66.4 Å². The quantitative estimate of drug-likeness (QED) is 0.494. The Morgan fingerprint density at radius 2 is 1.95 bits per heavy atom. The van der Waals surface area contributed by atoms with Gasteiger partial charge in [-0.15, -0.1) is 0 Å². The van der Waals surface area contributed by atoms with E-state index in [2.05, 4.69) is 11.9 Å². The maximum atomic E-state index is 13.7. The first-order chi connectivity index (χ1) is 20.1. The van der Waals surface area contributed by atoms with Gasteiger partial charge in [0.25, 0.3) is 0 Å². The van der Waals surface area contributed by atoms with Crippen LogP contribution in [0.4, 0.5) is 5.82 Å². The van der Waals surface area contributed by atoms with E-state index in [1.165, 1.54) is 0 Å². The van der Waals surface area contributed by atoms with Crippen LogP contribution in [-0.2, 0) is 25.5 Å². The summed E-state index contributed by atoms with van der Waals surface area (Å²) in [7, 11) is 0. The van der Waals surface area contributed by atoms with Gasteiger partial charge < -0.3 is 25.4 Å². The first-order valence-electron chi connectivity index (χ1n) is 15.0. The molecule has 0 spiro atoms. The van der Waals surface area contributed by atoms with Crippen LogP contribution in [0.2, 0.25) is 0 Å². The summed E-state index contributed by atoms with van der Waals surface area (Å²) in [5.74, 6) is 0.217. The molecule has 0 bridgehead atoms. The van der Waals surface area contributed by atoms with Crippen LogP contribution in [0.25, 0.3) is 0 Å². The van der Waals surface area contributed by atoms with Crippen molar-refractivity contribution in [3.63, 3.8) is 0 Å². The molecule has 0 radical (unpaired) electrons. The number of aromatic nitrogens is 1. The summed E-state index contributed by atoms with van der Waals surface area (Å²) in [6.07, 6.45) is 8.34. The van der Waals surface area contributed by atoms with E-state index >= 15 is 0 Å². The number of hydrogen-bond acceptors (Lipinski definition) is 8. The number of nitrogen functional groups attached to an aromatic ring is 1. The lowest BCUT2D eigenvalue weighted by Gasteiger charge is -2.59. The first kappa shape index (κ1) is 27.7. The number of Topliss-reactive ketones (excluding diaryl/α,β-unsaturated/α-hetero) is 1. The Morgan fingerprint density at radius 3 is 2.69 bits per heavy atom.